The lowest BCUT2D eigenvalue weighted by Gasteiger charge is -2.30. The second-order valence-corrected chi connectivity index (χ2v) is 6.59. The summed E-state index contributed by atoms with van der Waals surface area (Å²) < 4.78 is 0. The average molecular weight is 217 g/mol. The Morgan fingerprint density at radius 1 is 0.812 bits per heavy atom. The Hall–Kier alpha value is -0.780. The van der Waals surface area contributed by atoms with E-state index in [-0.39, 0.29) is 10.8 Å². The Labute approximate surface area is 101 Å². The zero-order valence-electron chi connectivity index (χ0n) is 11.8. The molecule has 89 valence electrons. The van der Waals surface area contributed by atoms with Gasteiger partial charge in [0.05, 0.1) is 0 Å². The van der Waals surface area contributed by atoms with E-state index in [1.54, 1.807) is 0 Å². The molecule has 1 aromatic rings. The van der Waals surface area contributed by atoms with Crippen LogP contribution in [0.25, 0.3) is 0 Å². The molecule has 0 N–H and O–H groups in total. The summed E-state index contributed by atoms with van der Waals surface area (Å²) in [5.41, 5.74) is 4.68. The van der Waals surface area contributed by atoms with Crippen LogP contribution in [0.5, 0.6) is 0 Å². The topological polar surface area (TPSA) is 0 Å². The van der Waals surface area contributed by atoms with E-state index in [1.807, 2.05) is 0 Å². The van der Waals surface area contributed by atoms with Crippen molar-refractivity contribution in [2.45, 2.75) is 59.3 Å². The van der Waals surface area contributed by atoms with Crippen molar-refractivity contribution in [3.63, 3.8) is 0 Å². The van der Waals surface area contributed by atoms with Crippen molar-refractivity contribution in [2.75, 3.05) is 0 Å². The van der Waals surface area contributed by atoms with E-state index in [2.05, 4.69) is 73.1 Å². The highest BCUT2D eigenvalue weighted by Gasteiger charge is 2.24. The Bertz CT molecular complexity index is 359. The highest BCUT2D eigenvalue weighted by Crippen LogP contribution is 2.34. The molecule has 1 radical (unpaired) electrons. The minimum Gasteiger partial charge on any atom is -0.0584 e. The van der Waals surface area contributed by atoms with Gasteiger partial charge in [-0.1, -0.05) is 66.7 Å². The summed E-state index contributed by atoms with van der Waals surface area (Å²) >= 11 is 0. The van der Waals surface area contributed by atoms with Gasteiger partial charge in [0.25, 0.3) is 0 Å². The van der Waals surface area contributed by atoms with Crippen LogP contribution in [0.2, 0.25) is 0 Å². The maximum Gasteiger partial charge on any atom is -0.0124 e. The third-order valence-corrected chi connectivity index (χ3v) is 2.99. The minimum atomic E-state index is 0.210. The van der Waals surface area contributed by atoms with E-state index in [9.17, 15) is 0 Å². The van der Waals surface area contributed by atoms with Gasteiger partial charge in [-0.25, -0.2) is 0 Å². The van der Waals surface area contributed by atoms with E-state index >= 15 is 0 Å². The Morgan fingerprint density at radius 2 is 1.31 bits per heavy atom. The van der Waals surface area contributed by atoms with Crippen LogP contribution in [0.1, 0.15) is 65.2 Å². The van der Waals surface area contributed by atoms with Gasteiger partial charge < -0.3 is 0 Å². The van der Waals surface area contributed by atoms with Gasteiger partial charge in [-0.15, -0.1) is 0 Å². The molecule has 0 nitrogen and oxygen atoms in total. The number of hydrogen-bond acceptors (Lipinski definition) is 0. The molecule has 0 saturated carbocycles. The lowest BCUT2D eigenvalue weighted by molar-refractivity contribution is 0.530. The van der Waals surface area contributed by atoms with Crippen LogP contribution < -0.4 is 0 Å². The van der Waals surface area contributed by atoms with Crippen LogP contribution in [-0.2, 0) is 10.8 Å². The Morgan fingerprint density at radius 3 is 1.69 bits per heavy atom. The van der Waals surface area contributed by atoms with Crippen molar-refractivity contribution in [3.05, 3.63) is 41.3 Å². The van der Waals surface area contributed by atoms with Crippen LogP contribution >= 0.6 is 0 Å². The standard InChI is InChI=1S/C16H25/c1-8-12-9-10-13(15(2,3)4)14(11-12)16(5,6)7/h8-11H,1-7H3. The fourth-order valence-electron chi connectivity index (χ4n) is 2.02. The van der Waals surface area contributed by atoms with Crippen molar-refractivity contribution in [3.8, 4) is 0 Å². The highest BCUT2D eigenvalue weighted by molar-refractivity contribution is 5.42. The molecule has 0 saturated heterocycles. The first-order valence-electron chi connectivity index (χ1n) is 6.10. The van der Waals surface area contributed by atoms with Gasteiger partial charge in [-0.05, 0) is 33.9 Å². The predicted octanol–water partition coefficient (Wildman–Crippen LogP) is 4.85. The van der Waals surface area contributed by atoms with E-state index < -0.39 is 0 Å². The number of benzene rings is 1. The third-order valence-electron chi connectivity index (χ3n) is 2.99. The SMILES string of the molecule is C[CH]c1ccc(C(C)(C)C)c(C(C)(C)C)c1. The van der Waals surface area contributed by atoms with Crippen molar-refractivity contribution < 1.29 is 0 Å². The summed E-state index contributed by atoms with van der Waals surface area (Å²) in [6.45, 7) is 15.8. The molecule has 0 aromatic heterocycles. The van der Waals surface area contributed by atoms with Crippen LogP contribution in [0.4, 0.5) is 0 Å². The molecule has 1 aromatic carbocycles. The molecule has 0 spiro atoms. The molecule has 0 amide bonds. The van der Waals surface area contributed by atoms with Crippen molar-refractivity contribution in [1.82, 2.24) is 0 Å². The molecule has 0 unspecified atom stereocenters. The van der Waals surface area contributed by atoms with Crippen LogP contribution in [0.3, 0.4) is 0 Å². The van der Waals surface area contributed by atoms with E-state index in [0.29, 0.717) is 0 Å². The fourth-order valence-corrected chi connectivity index (χ4v) is 2.02. The molecule has 0 aliphatic rings. The predicted molar refractivity (Wildman–Crippen MR) is 72.9 cm³/mol. The highest BCUT2D eigenvalue weighted by atomic mass is 14.3. The molecule has 0 bridgehead atoms. The van der Waals surface area contributed by atoms with Crippen LogP contribution in [-0.4, -0.2) is 0 Å². The first-order chi connectivity index (χ1) is 7.16. The van der Waals surface area contributed by atoms with E-state index in [4.69, 9.17) is 0 Å². The molecule has 0 atom stereocenters. The van der Waals surface area contributed by atoms with Gasteiger partial charge >= 0.3 is 0 Å². The van der Waals surface area contributed by atoms with Gasteiger partial charge in [-0.3, -0.25) is 0 Å². The zero-order chi connectivity index (χ0) is 12.6. The first-order valence-corrected chi connectivity index (χ1v) is 6.10. The molecule has 1 rings (SSSR count). The van der Waals surface area contributed by atoms with E-state index in [0.717, 1.165) is 0 Å². The van der Waals surface area contributed by atoms with Crippen molar-refractivity contribution in [2.24, 2.45) is 0 Å². The van der Waals surface area contributed by atoms with Gasteiger partial charge in [0.2, 0.25) is 0 Å². The Kier molecular flexibility index (Phi) is 3.52. The Balaban J connectivity index is 3.40. The molecule has 0 aliphatic carbocycles. The summed E-state index contributed by atoms with van der Waals surface area (Å²) in [6, 6.07) is 6.84. The average Bonchev–Trinajstić information content (AvgIpc) is 2.14. The summed E-state index contributed by atoms with van der Waals surface area (Å²) in [6.07, 6.45) is 2.17. The van der Waals surface area contributed by atoms with Crippen molar-refractivity contribution in [1.29, 1.82) is 0 Å². The van der Waals surface area contributed by atoms with Crippen LogP contribution in [0.15, 0.2) is 18.2 Å². The summed E-state index contributed by atoms with van der Waals surface area (Å²) in [5.74, 6) is 0. The van der Waals surface area contributed by atoms with Gasteiger partial charge in [0.15, 0.2) is 0 Å². The zero-order valence-corrected chi connectivity index (χ0v) is 11.8. The maximum absolute atomic E-state index is 2.33. The van der Waals surface area contributed by atoms with Gasteiger partial charge in [-0.2, -0.15) is 0 Å². The lowest BCUT2D eigenvalue weighted by Crippen LogP contribution is -2.22. The smallest absolute Gasteiger partial charge is 0.0124 e. The second kappa shape index (κ2) is 4.24. The quantitative estimate of drug-likeness (QED) is 0.630. The monoisotopic (exact) mass is 217 g/mol. The normalized spacial score (nSPS) is 12.9. The summed E-state index contributed by atoms with van der Waals surface area (Å²) in [4.78, 5) is 0. The number of hydrogen-bond donors (Lipinski definition) is 0. The molecule has 0 fully saturated rings. The minimum absolute atomic E-state index is 0.210. The molecular weight excluding hydrogens is 192 g/mol. The van der Waals surface area contributed by atoms with Crippen molar-refractivity contribution >= 4 is 0 Å². The molecule has 16 heavy (non-hydrogen) atoms. The lowest BCUT2D eigenvalue weighted by atomic mass is 9.74. The summed E-state index contributed by atoms with van der Waals surface area (Å²) in [5, 5.41) is 0. The van der Waals surface area contributed by atoms with E-state index in [1.165, 1.54) is 16.7 Å². The fraction of sp³-hybridized carbons (Fsp3) is 0.562. The molecular formula is C16H25. The first kappa shape index (κ1) is 13.3. The molecule has 0 aliphatic heterocycles. The maximum atomic E-state index is 2.33. The van der Waals surface area contributed by atoms with Gasteiger partial charge in [0.1, 0.15) is 0 Å². The third kappa shape index (κ3) is 2.87. The molecule has 0 heteroatoms. The molecule has 0 heterocycles. The second-order valence-electron chi connectivity index (χ2n) is 6.59. The van der Waals surface area contributed by atoms with Gasteiger partial charge in [0, 0.05) is 0 Å². The summed E-state index contributed by atoms with van der Waals surface area (Å²) in [7, 11) is 0. The number of rotatable bonds is 1. The largest absolute Gasteiger partial charge is 0.0584 e. The van der Waals surface area contributed by atoms with Crippen LogP contribution in [0, 0.1) is 6.42 Å².